The van der Waals surface area contributed by atoms with E-state index in [0.717, 1.165) is 13.1 Å². The summed E-state index contributed by atoms with van der Waals surface area (Å²) in [6.07, 6.45) is 0. The number of thiocarbonyl (C=S) groups is 2. The molecule has 0 aliphatic heterocycles. The molecule has 0 aromatic heterocycles. The molecule has 0 amide bonds. The maximum atomic E-state index is 8.67. The summed E-state index contributed by atoms with van der Waals surface area (Å²) >= 11 is 8.37. The fourth-order valence-corrected chi connectivity index (χ4v) is 0.752. The van der Waals surface area contributed by atoms with Gasteiger partial charge in [0, 0.05) is 19.7 Å². The third-order valence-electron chi connectivity index (χ3n) is 1.03. The van der Waals surface area contributed by atoms with Crippen LogP contribution in [0, 0.1) is 0 Å². The quantitative estimate of drug-likeness (QED) is 0.427. The third kappa shape index (κ3) is 36.7. The Labute approximate surface area is 130 Å². The first-order valence-corrected chi connectivity index (χ1v) is 5.25. The van der Waals surface area contributed by atoms with Crippen LogP contribution in [0.1, 0.15) is 20.8 Å². The molecule has 0 aliphatic rings. The molecule has 0 atom stereocenters. The molecule has 16 heavy (non-hydrogen) atoms. The van der Waals surface area contributed by atoms with Gasteiger partial charge in [-0.15, -0.1) is 0 Å². The standard InChI is InChI=1S/C5H11NOS.C2H6O.CH3NOS.Na.H/c1-3-6(4-2)5(7)8;1-2-3;2-1(3)4;;/h3-4H2,1-2H3,(H,7,8);3H,2H2,1H3;(H3,2,3,4);;. The van der Waals surface area contributed by atoms with Crippen molar-refractivity contribution in [2.45, 2.75) is 20.8 Å². The van der Waals surface area contributed by atoms with Gasteiger partial charge >= 0.3 is 29.6 Å². The van der Waals surface area contributed by atoms with Crippen LogP contribution in [0.4, 0.5) is 0 Å². The summed E-state index contributed by atoms with van der Waals surface area (Å²) in [6.45, 7) is 7.40. The summed E-state index contributed by atoms with van der Waals surface area (Å²) in [5.74, 6) is 0. The Morgan fingerprint density at radius 1 is 1.12 bits per heavy atom. The summed E-state index contributed by atoms with van der Waals surface area (Å²) in [6, 6.07) is 0. The van der Waals surface area contributed by atoms with Gasteiger partial charge in [-0.3, -0.25) is 0 Å². The maximum absolute atomic E-state index is 8.67. The predicted molar refractivity (Wildman–Crippen MR) is 77.5 cm³/mol. The zero-order chi connectivity index (χ0) is 12.9. The Morgan fingerprint density at radius 3 is 1.31 bits per heavy atom. The van der Waals surface area contributed by atoms with Gasteiger partial charge in [-0.05, 0) is 45.2 Å². The van der Waals surface area contributed by atoms with Crippen LogP contribution >= 0.6 is 24.4 Å². The Hall–Kier alpha value is 0.340. The van der Waals surface area contributed by atoms with Crippen molar-refractivity contribution in [1.82, 2.24) is 4.90 Å². The SMILES string of the molecule is CCN(CC)C(O)=S.CCO.NC(O)=S.[NaH]. The van der Waals surface area contributed by atoms with E-state index in [4.69, 9.17) is 15.3 Å². The van der Waals surface area contributed by atoms with Gasteiger partial charge in [0.05, 0.1) is 0 Å². The predicted octanol–water partition coefficient (Wildman–Crippen LogP) is 0.309. The number of nitrogens with two attached hydrogens (primary N) is 1. The molecule has 0 fully saturated rings. The van der Waals surface area contributed by atoms with Crippen molar-refractivity contribution in [3.8, 4) is 0 Å². The molecule has 94 valence electrons. The van der Waals surface area contributed by atoms with E-state index in [2.05, 4.69) is 30.2 Å². The normalized spacial score (nSPS) is 7.00. The Bertz CT molecular complexity index is 165. The molecule has 0 bridgehead atoms. The first-order chi connectivity index (χ1) is 6.87. The topological polar surface area (TPSA) is 90.0 Å². The Balaban J connectivity index is -0.0000000767. The van der Waals surface area contributed by atoms with E-state index in [-0.39, 0.29) is 41.3 Å². The number of aliphatic hydroxyl groups is 3. The molecule has 0 unspecified atom stereocenters. The molecular weight excluding hydrogens is 259 g/mol. The summed E-state index contributed by atoms with van der Waals surface area (Å²) in [5.41, 5.74) is 4.40. The van der Waals surface area contributed by atoms with E-state index in [1.54, 1.807) is 11.8 Å². The van der Waals surface area contributed by atoms with Crippen LogP contribution in [0.2, 0.25) is 0 Å². The van der Waals surface area contributed by atoms with Crippen LogP contribution in [0.5, 0.6) is 0 Å². The molecule has 0 saturated heterocycles. The summed E-state index contributed by atoms with van der Waals surface area (Å²) in [5, 5.41) is 23.3. The zero-order valence-corrected chi connectivity index (χ0v) is 10.9. The summed E-state index contributed by atoms with van der Waals surface area (Å²) in [7, 11) is 0. The molecule has 0 aromatic rings. The molecule has 0 aromatic carbocycles. The van der Waals surface area contributed by atoms with Gasteiger partial charge in [0.15, 0.2) is 0 Å². The van der Waals surface area contributed by atoms with Crippen LogP contribution in [0.3, 0.4) is 0 Å². The summed E-state index contributed by atoms with van der Waals surface area (Å²) < 4.78 is 0. The number of rotatable bonds is 2. The monoisotopic (exact) mass is 280 g/mol. The Kier molecular flexibility index (Phi) is 32.7. The van der Waals surface area contributed by atoms with Crippen LogP contribution in [0.15, 0.2) is 0 Å². The van der Waals surface area contributed by atoms with Gasteiger partial charge in [-0.25, -0.2) is 0 Å². The Morgan fingerprint density at radius 2 is 1.31 bits per heavy atom. The van der Waals surface area contributed by atoms with Crippen LogP contribution in [-0.4, -0.2) is 79.8 Å². The van der Waals surface area contributed by atoms with Crippen molar-refractivity contribution < 1.29 is 15.3 Å². The molecule has 0 aliphatic carbocycles. The molecular formula is C8H21N2NaO3S2. The van der Waals surface area contributed by atoms with Crippen molar-refractivity contribution >= 4 is 64.3 Å². The van der Waals surface area contributed by atoms with Gasteiger partial charge in [0.2, 0.25) is 0 Å². The zero-order valence-electron chi connectivity index (χ0n) is 9.30. The van der Waals surface area contributed by atoms with Crippen molar-refractivity contribution in [3.63, 3.8) is 0 Å². The van der Waals surface area contributed by atoms with E-state index in [9.17, 15) is 0 Å². The molecule has 5 N–H and O–H groups in total. The van der Waals surface area contributed by atoms with Crippen LogP contribution in [-0.2, 0) is 0 Å². The van der Waals surface area contributed by atoms with Gasteiger partial charge < -0.3 is 26.0 Å². The second-order valence-corrected chi connectivity index (χ2v) is 2.89. The molecule has 0 heterocycles. The number of nitrogens with zero attached hydrogens (tertiary/aromatic N) is 1. The summed E-state index contributed by atoms with van der Waals surface area (Å²) in [4.78, 5) is 1.70. The molecule has 0 saturated carbocycles. The van der Waals surface area contributed by atoms with E-state index >= 15 is 0 Å². The third-order valence-corrected chi connectivity index (χ3v) is 1.29. The molecule has 0 spiro atoms. The van der Waals surface area contributed by atoms with E-state index < -0.39 is 5.17 Å². The first kappa shape index (κ1) is 25.3. The minimum absolute atomic E-state index is 0. The van der Waals surface area contributed by atoms with Crippen LogP contribution < -0.4 is 5.73 Å². The van der Waals surface area contributed by atoms with Gasteiger partial charge in [0.1, 0.15) is 0 Å². The van der Waals surface area contributed by atoms with E-state index in [0.29, 0.717) is 0 Å². The van der Waals surface area contributed by atoms with Crippen molar-refractivity contribution in [3.05, 3.63) is 0 Å². The molecule has 0 rings (SSSR count). The van der Waals surface area contributed by atoms with Gasteiger partial charge in [-0.2, -0.15) is 0 Å². The van der Waals surface area contributed by atoms with E-state index in [1.807, 2.05) is 13.8 Å². The molecule has 5 nitrogen and oxygen atoms in total. The van der Waals surface area contributed by atoms with Gasteiger partial charge in [0.25, 0.3) is 10.3 Å². The second kappa shape index (κ2) is 20.7. The number of hydrogen-bond acceptors (Lipinski definition) is 3. The fraction of sp³-hybridized carbons (Fsp3) is 0.750. The average molecular weight is 280 g/mol. The number of aliphatic hydroxyl groups excluding tert-OH is 3. The number of hydrogen-bond donors (Lipinski definition) is 4. The minimum atomic E-state index is -0.500. The van der Waals surface area contributed by atoms with Crippen molar-refractivity contribution in [2.75, 3.05) is 19.7 Å². The average Bonchev–Trinajstić information content (AvgIpc) is 2.05. The van der Waals surface area contributed by atoms with Crippen molar-refractivity contribution in [1.29, 1.82) is 0 Å². The first-order valence-electron chi connectivity index (χ1n) is 4.44. The molecule has 8 heteroatoms. The van der Waals surface area contributed by atoms with Crippen molar-refractivity contribution in [2.24, 2.45) is 5.73 Å². The van der Waals surface area contributed by atoms with Crippen LogP contribution in [0.25, 0.3) is 0 Å². The second-order valence-electron chi connectivity index (χ2n) is 2.11. The van der Waals surface area contributed by atoms with E-state index in [1.165, 1.54) is 0 Å². The van der Waals surface area contributed by atoms with Gasteiger partial charge in [-0.1, -0.05) is 0 Å². The molecule has 0 radical (unpaired) electrons. The fourth-order valence-electron chi connectivity index (χ4n) is 0.494.